The van der Waals surface area contributed by atoms with E-state index < -0.39 is 12.1 Å². The zero-order chi connectivity index (χ0) is 15.2. The van der Waals surface area contributed by atoms with E-state index in [4.69, 9.17) is 4.84 Å². The molecule has 0 saturated carbocycles. The van der Waals surface area contributed by atoms with E-state index in [2.05, 4.69) is 5.48 Å². The van der Waals surface area contributed by atoms with E-state index in [0.29, 0.717) is 24.6 Å². The molecule has 1 rings (SSSR count). The molecule has 0 atom stereocenters. The minimum absolute atomic E-state index is 0.0930. The minimum atomic E-state index is -4.89. The highest BCUT2D eigenvalue weighted by Gasteiger charge is 2.38. The molecule has 2 N–H and O–H groups in total. The molecule has 0 unspecified atom stereocenters. The highest BCUT2D eigenvalue weighted by molar-refractivity contribution is 5.94. The van der Waals surface area contributed by atoms with Crippen molar-refractivity contribution in [2.45, 2.75) is 26.6 Å². The van der Waals surface area contributed by atoms with Crippen LogP contribution in [0.4, 0.5) is 18.9 Å². The second kappa shape index (κ2) is 7.25. The summed E-state index contributed by atoms with van der Waals surface area (Å²) in [5, 5.41) is 1.80. The first-order valence-corrected chi connectivity index (χ1v) is 6.11. The lowest BCUT2D eigenvalue weighted by Gasteiger charge is -2.10. The lowest BCUT2D eigenvalue weighted by atomic mass is 10.2. The quantitative estimate of drug-likeness (QED) is 0.625. The summed E-state index contributed by atoms with van der Waals surface area (Å²) in [6.45, 7) is 4.86. The van der Waals surface area contributed by atoms with Crippen LogP contribution in [0.15, 0.2) is 24.3 Å². The molecule has 0 aliphatic rings. The molecule has 7 heteroatoms. The normalized spacial score (nSPS) is 11.7. The number of carbonyl (C=O) groups excluding carboxylic acids is 1. The van der Waals surface area contributed by atoms with Crippen LogP contribution < -0.4 is 10.8 Å². The Hall–Kier alpha value is -1.60. The second-order valence-electron chi connectivity index (χ2n) is 4.68. The summed E-state index contributed by atoms with van der Waals surface area (Å²) < 4.78 is 36.3. The van der Waals surface area contributed by atoms with Crippen LogP contribution >= 0.6 is 0 Å². The molecule has 0 aromatic heterocycles. The minimum Gasteiger partial charge on any atom is -0.318 e. The van der Waals surface area contributed by atoms with Gasteiger partial charge < -0.3 is 10.2 Å². The third-order valence-electron chi connectivity index (χ3n) is 2.24. The number of rotatable bonds is 6. The average molecular weight is 290 g/mol. The number of hydrogen-bond donors (Lipinski definition) is 2. The van der Waals surface area contributed by atoms with Crippen molar-refractivity contribution in [1.82, 2.24) is 5.48 Å². The molecule has 4 nitrogen and oxygen atoms in total. The van der Waals surface area contributed by atoms with Gasteiger partial charge in [0.15, 0.2) is 0 Å². The van der Waals surface area contributed by atoms with Gasteiger partial charge in [-0.15, -0.1) is 0 Å². The Bertz CT molecular complexity index is 447. The predicted octanol–water partition coefficient (Wildman–Crippen LogP) is 2.86. The SMILES string of the molecule is CC(C)CONCc1cccc(NC(=O)C(F)(F)F)c1. The van der Waals surface area contributed by atoms with Gasteiger partial charge >= 0.3 is 12.1 Å². The van der Waals surface area contributed by atoms with E-state index in [-0.39, 0.29) is 5.69 Å². The Kier molecular flexibility index (Phi) is 5.97. The zero-order valence-corrected chi connectivity index (χ0v) is 11.3. The van der Waals surface area contributed by atoms with Crippen molar-refractivity contribution in [2.75, 3.05) is 11.9 Å². The summed E-state index contributed by atoms with van der Waals surface area (Å²) in [6, 6.07) is 6.12. The van der Waals surface area contributed by atoms with Crippen LogP contribution in [0.3, 0.4) is 0 Å². The summed E-state index contributed by atoms with van der Waals surface area (Å²) in [4.78, 5) is 16.0. The van der Waals surface area contributed by atoms with Gasteiger partial charge in [0.1, 0.15) is 0 Å². The molecular weight excluding hydrogens is 273 g/mol. The van der Waals surface area contributed by atoms with Crippen LogP contribution in [-0.4, -0.2) is 18.7 Å². The fourth-order valence-corrected chi connectivity index (χ4v) is 1.32. The number of halogens is 3. The van der Waals surface area contributed by atoms with Gasteiger partial charge in [-0.3, -0.25) is 4.79 Å². The van der Waals surface area contributed by atoms with E-state index in [1.165, 1.54) is 12.1 Å². The molecule has 0 aliphatic carbocycles. The third kappa shape index (κ3) is 6.03. The molecule has 0 radical (unpaired) electrons. The highest BCUT2D eigenvalue weighted by Crippen LogP contribution is 2.18. The first-order chi connectivity index (χ1) is 9.29. The number of anilines is 1. The van der Waals surface area contributed by atoms with E-state index >= 15 is 0 Å². The first-order valence-electron chi connectivity index (χ1n) is 6.11. The standard InChI is InChI=1S/C13H17F3N2O2/c1-9(2)8-20-17-7-10-4-3-5-11(6-10)18-12(19)13(14,15)16/h3-6,9,17H,7-8H2,1-2H3,(H,18,19). The molecule has 0 heterocycles. The average Bonchev–Trinajstić information content (AvgIpc) is 2.34. The summed E-state index contributed by atoms with van der Waals surface area (Å²) in [6.07, 6.45) is -4.89. The van der Waals surface area contributed by atoms with E-state index in [1.54, 1.807) is 17.4 Å². The van der Waals surface area contributed by atoms with Gasteiger partial charge in [-0.25, -0.2) is 0 Å². The van der Waals surface area contributed by atoms with Gasteiger partial charge in [0.05, 0.1) is 6.61 Å². The molecule has 1 amide bonds. The van der Waals surface area contributed by atoms with Crippen molar-refractivity contribution in [3.63, 3.8) is 0 Å². The van der Waals surface area contributed by atoms with Crippen LogP contribution in [0.25, 0.3) is 0 Å². The van der Waals surface area contributed by atoms with E-state index in [1.807, 2.05) is 13.8 Å². The number of amides is 1. The fraction of sp³-hybridized carbons (Fsp3) is 0.462. The van der Waals surface area contributed by atoms with Gasteiger partial charge in [0.2, 0.25) is 0 Å². The summed E-state index contributed by atoms with van der Waals surface area (Å²) >= 11 is 0. The molecule has 0 saturated heterocycles. The molecule has 1 aromatic carbocycles. The summed E-state index contributed by atoms with van der Waals surface area (Å²) in [7, 11) is 0. The Morgan fingerprint density at radius 1 is 1.35 bits per heavy atom. The topological polar surface area (TPSA) is 50.4 Å². The summed E-state index contributed by atoms with van der Waals surface area (Å²) in [5.74, 6) is -1.61. The van der Waals surface area contributed by atoms with Gasteiger partial charge in [-0.1, -0.05) is 26.0 Å². The first kappa shape index (κ1) is 16.5. The van der Waals surface area contributed by atoms with Gasteiger partial charge in [-0.2, -0.15) is 18.7 Å². The number of benzene rings is 1. The number of alkyl halides is 3. The Labute approximate surface area is 115 Å². The Morgan fingerprint density at radius 3 is 2.65 bits per heavy atom. The Balaban J connectivity index is 2.51. The van der Waals surface area contributed by atoms with Crippen LogP contribution in [0.1, 0.15) is 19.4 Å². The van der Waals surface area contributed by atoms with Crippen molar-refractivity contribution < 1.29 is 22.8 Å². The molecule has 20 heavy (non-hydrogen) atoms. The van der Waals surface area contributed by atoms with Crippen molar-refractivity contribution in [1.29, 1.82) is 0 Å². The van der Waals surface area contributed by atoms with Gasteiger partial charge in [0.25, 0.3) is 0 Å². The van der Waals surface area contributed by atoms with Crippen molar-refractivity contribution >= 4 is 11.6 Å². The molecule has 1 aromatic rings. The monoisotopic (exact) mass is 290 g/mol. The van der Waals surface area contributed by atoms with Crippen molar-refractivity contribution in [2.24, 2.45) is 5.92 Å². The smallest absolute Gasteiger partial charge is 0.318 e. The maximum absolute atomic E-state index is 12.1. The number of hydrogen-bond acceptors (Lipinski definition) is 3. The second-order valence-corrected chi connectivity index (χ2v) is 4.68. The van der Waals surface area contributed by atoms with Crippen LogP contribution in [0.2, 0.25) is 0 Å². The molecule has 0 spiro atoms. The third-order valence-corrected chi connectivity index (χ3v) is 2.24. The van der Waals surface area contributed by atoms with Crippen LogP contribution in [-0.2, 0) is 16.2 Å². The number of carbonyl (C=O) groups is 1. The molecule has 0 fully saturated rings. The van der Waals surface area contributed by atoms with E-state index in [0.717, 1.165) is 0 Å². The molecule has 112 valence electrons. The lowest BCUT2D eigenvalue weighted by Crippen LogP contribution is -2.30. The van der Waals surface area contributed by atoms with Gasteiger partial charge in [-0.05, 0) is 23.6 Å². The van der Waals surface area contributed by atoms with Crippen molar-refractivity contribution in [3.8, 4) is 0 Å². The highest BCUT2D eigenvalue weighted by atomic mass is 19.4. The summed E-state index contributed by atoms with van der Waals surface area (Å²) in [5.41, 5.74) is 3.50. The van der Waals surface area contributed by atoms with Crippen LogP contribution in [0.5, 0.6) is 0 Å². The maximum atomic E-state index is 12.1. The largest absolute Gasteiger partial charge is 0.471 e. The van der Waals surface area contributed by atoms with E-state index in [9.17, 15) is 18.0 Å². The van der Waals surface area contributed by atoms with Crippen LogP contribution in [0, 0.1) is 5.92 Å². The van der Waals surface area contributed by atoms with Crippen molar-refractivity contribution in [3.05, 3.63) is 29.8 Å². The predicted molar refractivity (Wildman–Crippen MR) is 68.8 cm³/mol. The maximum Gasteiger partial charge on any atom is 0.471 e. The molecule has 0 bridgehead atoms. The Morgan fingerprint density at radius 2 is 2.05 bits per heavy atom. The van der Waals surface area contributed by atoms with Gasteiger partial charge in [0, 0.05) is 12.2 Å². The molecular formula is C13H17F3N2O2. The fourth-order valence-electron chi connectivity index (χ4n) is 1.32. The molecule has 0 aliphatic heterocycles. The number of hydroxylamine groups is 1. The lowest BCUT2D eigenvalue weighted by molar-refractivity contribution is -0.167. The number of nitrogens with one attached hydrogen (secondary N) is 2. The zero-order valence-electron chi connectivity index (χ0n) is 11.3.